The summed E-state index contributed by atoms with van der Waals surface area (Å²) in [5.41, 5.74) is 4.32. The SMILES string of the molecule is CC(C)(O)CCc1ccc2c(c1)CCN(Cc1ccc(C#N)c(F)c1)C2. The normalized spacial score (nSPS) is 14.7. The van der Waals surface area contributed by atoms with E-state index in [-0.39, 0.29) is 5.56 Å². The Labute approximate surface area is 154 Å². The van der Waals surface area contributed by atoms with Gasteiger partial charge in [0.1, 0.15) is 11.9 Å². The zero-order valence-electron chi connectivity index (χ0n) is 15.4. The van der Waals surface area contributed by atoms with Crippen LogP contribution in [0.2, 0.25) is 0 Å². The minimum Gasteiger partial charge on any atom is -0.390 e. The molecule has 0 spiro atoms. The number of nitriles is 1. The number of halogens is 1. The molecule has 0 saturated heterocycles. The molecule has 2 aromatic rings. The number of rotatable bonds is 5. The number of nitrogens with zero attached hydrogens (tertiary/aromatic N) is 2. The zero-order valence-corrected chi connectivity index (χ0v) is 15.4. The quantitative estimate of drug-likeness (QED) is 0.886. The molecule has 0 atom stereocenters. The lowest BCUT2D eigenvalue weighted by atomic mass is 9.93. The minimum atomic E-state index is -0.636. The average molecular weight is 352 g/mol. The summed E-state index contributed by atoms with van der Waals surface area (Å²) >= 11 is 0. The van der Waals surface area contributed by atoms with Crippen LogP contribution >= 0.6 is 0 Å². The molecule has 0 saturated carbocycles. The van der Waals surface area contributed by atoms with Gasteiger partial charge >= 0.3 is 0 Å². The molecule has 0 aliphatic carbocycles. The monoisotopic (exact) mass is 352 g/mol. The van der Waals surface area contributed by atoms with Crippen LogP contribution in [0.5, 0.6) is 0 Å². The van der Waals surface area contributed by atoms with Crippen LogP contribution in [0.1, 0.15) is 48.1 Å². The molecule has 0 aromatic heterocycles. The predicted molar refractivity (Wildman–Crippen MR) is 100.0 cm³/mol. The second-order valence-corrected chi connectivity index (χ2v) is 7.80. The van der Waals surface area contributed by atoms with Gasteiger partial charge in [-0.3, -0.25) is 4.90 Å². The summed E-state index contributed by atoms with van der Waals surface area (Å²) in [6.45, 7) is 6.15. The highest BCUT2D eigenvalue weighted by molar-refractivity contribution is 5.35. The highest BCUT2D eigenvalue weighted by Crippen LogP contribution is 2.24. The van der Waals surface area contributed by atoms with Gasteiger partial charge in [0, 0.05) is 19.6 Å². The smallest absolute Gasteiger partial charge is 0.141 e. The van der Waals surface area contributed by atoms with Crippen molar-refractivity contribution in [1.82, 2.24) is 4.90 Å². The molecule has 1 N–H and O–H groups in total. The van der Waals surface area contributed by atoms with E-state index < -0.39 is 11.4 Å². The number of hydrogen-bond donors (Lipinski definition) is 1. The van der Waals surface area contributed by atoms with Gasteiger partial charge in [-0.15, -0.1) is 0 Å². The molecular formula is C22H25FN2O. The number of fused-ring (bicyclic) bond motifs is 1. The highest BCUT2D eigenvalue weighted by Gasteiger charge is 2.18. The zero-order chi connectivity index (χ0) is 18.7. The maximum absolute atomic E-state index is 13.8. The number of aryl methyl sites for hydroxylation is 1. The highest BCUT2D eigenvalue weighted by atomic mass is 19.1. The summed E-state index contributed by atoms with van der Waals surface area (Å²) in [7, 11) is 0. The molecule has 1 aliphatic rings. The van der Waals surface area contributed by atoms with Gasteiger partial charge in [-0.05, 0) is 67.5 Å². The molecule has 0 fully saturated rings. The Bertz CT molecular complexity index is 833. The van der Waals surface area contributed by atoms with Crippen LogP contribution in [0.15, 0.2) is 36.4 Å². The van der Waals surface area contributed by atoms with Gasteiger partial charge in [0.25, 0.3) is 0 Å². The lowest BCUT2D eigenvalue weighted by molar-refractivity contribution is 0.0714. The number of benzene rings is 2. The second kappa shape index (κ2) is 7.57. The van der Waals surface area contributed by atoms with Gasteiger partial charge in [0.05, 0.1) is 11.2 Å². The third-order valence-electron chi connectivity index (χ3n) is 4.95. The van der Waals surface area contributed by atoms with E-state index in [4.69, 9.17) is 5.26 Å². The van der Waals surface area contributed by atoms with Crippen molar-refractivity contribution in [3.05, 3.63) is 70.0 Å². The Morgan fingerprint density at radius 1 is 1.15 bits per heavy atom. The Balaban J connectivity index is 1.65. The summed E-state index contributed by atoms with van der Waals surface area (Å²) in [6.07, 6.45) is 2.61. The molecule has 0 radical (unpaired) electrons. The molecule has 3 rings (SSSR count). The fourth-order valence-electron chi connectivity index (χ4n) is 3.41. The summed E-state index contributed by atoms with van der Waals surface area (Å²) in [6, 6.07) is 13.3. The van der Waals surface area contributed by atoms with E-state index in [1.165, 1.54) is 22.8 Å². The maximum Gasteiger partial charge on any atom is 0.141 e. The van der Waals surface area contributed by atoms with Crippen molar-refractivity contribution in [2.24, 2.45) is 0 Å². The van der Waals surface area contributed by atoms with Crippen molar-refractivity contribution in [3.63, 3.8) is 0 Å². The van der Waals surface area contributed by atoms with Crippen LogP contribution in [0, 0.1) is 17.1 Å². The Morgan fingerprint density at radius 2 is 1.92 bits per heavy atom. The van der Waals surface area contributed by atoms with Crippen molar-refractivity contribution in [2.75, 3.05) is 6.54 Å². The summed E-state index contributed by atoms with van der Waals surface area (Å²) < 4.78 is 13.8. The molecule has 2 aromatic carbocycles. The van der Waals surface area contributed by atoms with E-state index in [9.17, 15) is 9.50 Å². The Morgan fingerprint density at radius 3 is 2.62 bits per heavy atom. The minimum absolute atomic E-state index is 0.0938. The van der Waals surface area contributed by atoms with Crippen molar-refractivity contribution >= 4 is 0 Å². The second-order valence-electron chi connectivity index (χ2n) is 7.80. The predicted octanol–water partition coefficient (Wildman–Crippen LogP) is 3.96. The molecular weight excluding hydrogens is 327 g/mol. The fourth-order valence-corrected chi connectivity index (χ4v) is 3.41. The first-order valence-electron chi connectivity index (χ1n) is 9.08. The van der Waals surface area contributed by atoms with E-state index in [2.05, 4.69) is 23.1 Å². The van der Waals surface area contributed by atoms with Crippen molar-refractivity contribution < 1.29 is 9.50 Å². The molecule has 0 unspecified atom stereocenters. The van der Waals surface area contributed by atoms with Crippen LogP contribution in [0.3, 0.4) is 0 Å². The molecule has 1 aliphatic heterocycles. The van der Waals surface area contributed by atoms with Crippen LogP contribution in [0.4, 0.5) is 4.39 Å². The van der Waals surface area contributed by atoms with Crippen molar-refractivity contribution in [1.29, 1.82) is 5.26 Å². The number of hydrogen-bond acceptors (Lipinski definition) is 3. The molecule has 3 nitrogen and oxygen atoms in total. The topological polar surface area (TPSA) is 47.3 Å². The standard InChI is InChI=1S/C22H25FN2O/c1-22(2,26)9-7-16-3-6-20-15-25(10-8-18(20)11-16)14-17-4-5-19(13-24)21(23)12-17/h3-6,11-12,26H,7-10,14-15H2,1-2H3. The maximum atomic E-state index is 13.8. The van der Waals surface area contributed by atoms with Crippen LogP contribution in [0.25, 0.3) is 0 Å². The summed E-state index contributed by atoms with van der Waals surface area (Å²) in [5, 5.41) is 18.7. The van der Waals surface area contributed by atoms with E-state index in [1.54, 1.807) is 6.07 Å². The lowest BCUT2D eigenvalue weighted by Crippen LogP contribution is -2.30. The van der Waals surface area contributed by atoms with Gasteiger partial charge in [0.15, 0.2) is 0 Å². The first-order valence-corrected chi connectivity index (χ1v) is 9.08. The molecule has 0 amide bonds. The van der Waals surface area contributed by atoms with Crippen LogP contribution in [-0.2, 0) is 25.9 Å². The molecule has 1 heterocycles. The van der Waals surface area contributed by atoms with Crippen LogP contribution in [-0.4, -0.2) is 22.2 Å². The molecule has 0 bridgehead atoms. The van der Waals surface area contributed by atoms with Gasteiger partial charge in [-0.25, -0.2) is 4.39 Å². The van der Waals surface area contributed by atoms with E-state index in [0.717, 1.165) is 37.9 Å². The Kier molecular flexibility index (Phi) is 5.41. The molecule has 136 valence electrons. The largest absolute Gasteiger partial charge is 0.390 e. The van der Waals surface area contributed by atoms with Crippen LogP contribution < -0.4 is 0 Å². The van der Waals surface area contributed by atoms with Gasteiger partial charge < -0.3 is 5.11 Å². The van der Waals surface area contributed by atoms with Crippen molar-refractivity contribution in [3.8, 4) is 6.07 Å². The third kappa shape index (κ3) is 4.69. The van der Waals surface area contributed by atoms with Gasteiger partial charge in [0.2, 0.25) is 0 Å². The first-order chi connectivity index (χ1) is 12.3. The molecule has 4 heteroatoms. The van der Waals surface area contributed by atoms with Gasteiger partial charge in [-0.1, -0.05) is 24.3 Å². The third-order valence-corrected chi connectivity index (χ3v) is 4.95. The summed E-state index contributed by atoms with van der Waals surface area (Å²) in [4.78, 5) is 2.31. The van der Waals surface area contributed by atoms with E-state index in [1.807, 2.05) is 26.0 Å². The fraction of sp³-hybridized carbons (Fsp3) is 0.409. The summed E-state index contributed by atoms with van der Waals surface area (Å²) in [5.74, 6) is -0.446. The number of aliphatic hydroxyl groups is 1. The lowest BCUT2D eigenvalue weighted by Gasteiger charge is -2.29. The van der Waals surface area contributed by atoms with E-state index in [0.29, 0.717) is 6.54 Å². The molecule has 26 heavy (non-hydrogen) atoms. The van der Waals surface area contributed by atoms with Crippen molar-refractivity contribution in [2.45, 2.75) is 51.8 Å². The Hall–Kier alpha value is -2.22. The average Bonchev–Trinajstić information content (AvgIpc) is 2.59. The van der Waals surface area contributed by atoms with Gasteiger partial charge in [-0.2, -0.15) is 5.26 Å². The first kappa shape index (κ1) is 18.6. The van der Waals surface area contributed by atoms with E-state index >= 15 is 0 Å².